The molecule has 1 heterocycles. The fraction of sp³-hybridized carbons (Fsp3) is 0.308. The van der Waals surface area contributed by atoms with Crippen molar-refractivity contribution in [3.05, 3.63) is 51.5 Å². The summed E-state index contributed by atoms with van der Waals surface area (Å²) in [5.74, 6) is 0. The van der Waals surface area contributed by atoms with Crippen molar-refractivity contribution in [2.24, 2.45) is 0 Å². The third kappa shape index (κ3) is 2.68. The summed E-state index contributed by atoms with van der Waals surface area (Å²) in [6.07, 6.45) is 1.91. The zero-order valence-corrected chi connectivity index (χ0v) is 10.1. The molecule has 1 aromatic heterocycles. The molecule has 0 fully saturated rings. The van der Waals surface area contributed by atoms with Crippen LogP contribution < -0.4 is 0 Å². The molecular weight excluding hydrogens is 218 g/mol. The van der Waals surface area contributed by atoms with Gasteiger partial charge in [0.25, 0.3) is 0 Å². The van der Waals surface area contributed by atoms with Gasteiger partial charge in [0.2, 0.25) is 0 Å². The molecule has 0 bridgehead atoms. The van der Waals surface area contributed by atoms with Crippen LogP contribution in [0.15, 0.2) is 29.6 Å². The van der Waals surface area contributed by atoms with Gasteiger partial charge in [0, 0.05) is 11.8 Å². The Kier molecular flexibility index (Phi) is 3.70. The van der Waals surface area contributed by atoms with Crippen molar-refractivity contribution in [3.8, 4) is 0 Å². The van der Waals surface area contributed by atoms with Crippen LogP contribution in [0.3, 0.4) is 0 Å². The lowest BCUT2D eigenvalue weighted by molar-refractivity contribution is 0.281. The van der Waals surface area contributed by atoms with E-state index in [4.69, 9.17) is 5.11 Å². The molecule has 3 heteroatoms. The Balaban J connectivity index is 2.13. The number of benzene rings is 1. The van der Waals surface area contributed by atoms with Crippen LogP contribution in [-0.4, -0.2) is 10.1 Å². The average molecular weight is 233 g/mol. The summed E-state index contributed by atoms with van der Waals surface area (Å²) in [4.78, 5) is 4.35. The van der Waals surface area contributed by atoms with Crippen LogP contribution in [-0.2, 0) is 19.4 Å². The van der Waals surface area contributed by atoms with Gasteiger partial charge in [-0.05, 0) is 17.5 Å². The molecule has 84 valence electrons. The van der Waals surface area contributed by atoms with Gasteiger partial charge in [-0.25, -0.2) is 4.98 Å². The van der Waals surface area contributed by atoms with E-state index in [9.17, 15) is 0 Å². The SMILES string of the molecule is CCc1cccc(Cc2csc(CO)n2)c1. The first-order valence-corrected chi connectivity index (χ1v) is 6.31. The second-order valence-electron chi connectivity index (χ2n) is 3.74. The van der Waals surface area contributed by atoms with Crippen LogP contribution in [0.1, 0.15) is 28.8 Å². The number of hydrogen-bond donors (Lipinski definition) is 1. The van der Waals surface area contributed by atoms with Crippen molar-refractivity contribution >= 4 is 11.3 Å². The lowest BCUT2D eigenvalue weighted by Gasteiger charge is -2.01. The first kappa shape index (κ1) is 11.3. The molecule has 0 aliphatic heterocycles. The predicted molar refractivity (Wildman–Crippen MR) is 66.7 cm³/mol. The van der Waals surface area contributed by atoms with Crippen molar-refractivity contribution in [2.75, 3.05) is 0 Å². The van der Waals surface area contributed by atoms with E-state index in [0.29, 0.717) is 0 Å². The summed E-state index contributed by atoms with van der Waals surface area (Å²) in [5, 5.41) is 11.8. The number of aliphatic hydroxyl groups excluding tert-OH is 1. The first-order chi connectivity index (χ1) is 7.81. The molecule has 0 unspecified atom stereocenters. The van der Waals surface area contributed by atoms with E-state index in [1.165, 1.54) is 22.5 Å². The molecular formula is C13H15NOS. The maximum absolute atomic E-state index is 8.95. The Labute approximate surface area is 99.6 Å². The van der Waals surface area contributed by atoms with Crippen LogP contribution in [0, 0.1) is 0 Å². The molecule has 0 amide bonds. The van der Waals surface area contributed by atoms with Crippen LogP contribution in [0.2, 0.25) is 0 Å². The van der Waals surface area contributed by atoms with Crippen LogP contribution in [0.4, 0.5) is 0 Å². The molecule has 0 aliphatic carbocycles. The molecule has 2 nitrogen and oxygen atoms in total. The monoisotopic (exact) mass is 233 g/mol. The molecule has 2 aromatic rings. The highest BCUT2D eigenvalue weighted by atomic mass is 32.1. The highest BCUT2D eigenvalue weighted by molar-refractivity contribution is 7.09. The van der Waals surface area contributed by atoms with Gasteiger partial charge >= 0.3 is 0 Å². The average Bonchev–Trinajstić information content (AvgIpc) is 2.77. The quantitative estimate of drug-likeness (QED) is 0.881. The van der Waals surface area contributed by atoms with Gasteiger partial charge in [0.05, 0.1) is 12.3 Å². The number of hydrogen-bond acceptors (Lipinski definition) is 3. The third-order valence-corrected chi connectivity index (χ3v) is 3.40. The Hall–Kier alpha value is -1.19. The van der Waals surface area contributed by atoms with Gasteiger partial charge in [-0.1, -0.05) is 31.2 Å². The van der Waals surface area contributed by atoms with Gasteiger partial charge in [-0.15, -0.1) is 11.3 Å². The maximum atomic E-state index is 8.95. The largest absolute Gasteiger partial charge is 0.389 e. The zero-order chi connectivity index (χ0) is 11.4. The van der Waals surface area contributed by atoms with E-state index in [0.717, 1.165) is 23.5 Å². The van der Waals surface area contributed by atoms with Gasteiger partial charge in [-0.2, -0.15) is 0 Å². The Morgan fingerprint density at radius 2 is 2.12 bits per heavy atom. The van der Waals surface area contributed by atoms with Crippen LogP contribution in [0.5, 0.6) is 0 Å². The summed E-state index contributed by atoms with van der Waals surface area (Å²) in [7, 11) is 0. The van der Waals surface area contributed by atoms with Gasteiger partial charge in [-0.3, -0.25) is 0 Å². The van der Waals surface area contributed by atoms with E-state index >= 15 is 0 Å². The number of aryl methyl sites for hydroxylation is 1. The van der Waals surface area contributed by atoms with Crippen molar-refractivity contribution < 1.29 is 5.11 Å². The van der Waals surface area contributed by atoms with E-state index in [-0.39, 0.29) is 6.61 Å². The molecule has 0 atom stereocenters. The minimum atomic E-state index is 0.0413. The van der Waals surface area contributed by atoms with Gasteiger partial charge in [0.1, 0.15) is 5.01 Å². The molecule has 1 N–H and O–H groups in total. The number of nitrogens with zero attached hydrogens (tertiary/aromatic N) is 1. The van der Waals surface area contributed by atoms with Crippen molar-refractivity contribution in [2.45, 2.75) is 26.4 Å². The van der Waals surface area contributed by atoms with Gasteiger partial charge in [0.15, 0.2) is 0 Å². The van der Waals surface area contributed by atoms with E-state index in [2.05, 4.69) is 36.2 Å². The fourth-order valence-corrected chi connectivity index (χ4v) is 2.32. The summed E-state index contributed by atoms with van der Waals surface area (Å²) >= 11 is 1.52. The molecule has 0 saturated heterocycles. The normalized spacial score (nSPS) is 10.6. The smallest absolute Gasteiger partial charge is 0.118 e. The minimum Gasteiger partial charge on any atom is -0.389 e. The highest BCUT2D eigenvalue weighted by Gasteiger charge is 2.02. The van der Waals surface area contributed by atoms with Crippen molar-refractivity contribution in [1.29, 1.82) is 0 Å². The van der Waals surface area contributed by atoms with Gasteiger partial charge < -0.3 is 5.11 Å². The van der Waals surface area contributed by atoms with Crippen LogP contribution >= 0.6 is 11.3 Å². The Bertz CT molecular complexity index is 464. The summed E-state index contributed by atoms with van der Waals surface area (Å²) in [6, 6.07) is 8.58. The van der Waals surface area contributed by atoms with Crippen LogP contribution in [0.25, 0.3) is 0 Å². The summed E-state index contributed by atoms with van der Waals surface area (Å²) in [6.45, 7) is 2.20. The second kappa shape index (κ2) is 5.23. The molecule has 16 heavy (non-hydrogen) atoms. The second-order valence-corrected chi connectivity index (χ2v) is 4.68. The topological polar surface area (TPSA) is 33.1 Å². The minimum absolute atomic E-state index is 0.0413. The van der Waals surface area contributed by atoms with E-state index in [1.807, 2.05) is 5.38 Å². The first-order valence-electron chi connectivity index (χ1n) is 5.43. The van der Waals surface area contributed by atoms with Crippen molar-refractivity contribution in [3.63, 3.8) is 0 Å². The molecule has 0 radical (unpaired) electrons. The number of aromatic nitrogens is 1. The fourth-order valence-electron chi connectivity index (χ4n) is 1.67. The Morgan fingerprint density at radius 3 is 2.81 bits per heavy atom. The predicted octanol–water partition coefficient (Wildman–Crippen LogP) is 2.79. The third-order valence-electron chi connectivity index (χ3n) is 2.52. The van der Waals surface area contributed by atoms with Crippen molar-refractivity contribution in [1.82, 2.24) is 4.98 Å². The number of rotatable bonds is 4. The number of aliphatic hydroxyl groups is 1. The molecule has 0 aliphatic rings. The lowest BCUT2D eigenvalue weighted by atomic mass is 10.1. The number of thiazole rings is 1. The van der Waals surface area contributed by atoms with E-state index in [1.54, 1.807) is 0 Å². The molecule has 0 saturated carbocycles. The lowest BCUT2D eigenvalue weighted by Crippen LogP contribution is -1.91. The Morgan fingerprint density at radius 1 is 1.31 bits per heavy atom. The van der Waals surface area contributed by atoms with E-state index < -0.39 is 0 Å². The molecule has 2 rings (SSSR count). The molecule has 1 aromatic carbocycles. The maximum Gasteiger partial charge on any atom is 0.118 e. The standard InChI is InChI=1S/C13H15NOS/c1-2-10-4-3-5-11(6-10)7-12-9-16-13(8-15)14-12/h3-6,9,15H,2,7-8H2,1H3. The summed E-state index contributed by atoms with van der Waals surface area (Å²) < 4.78 is 0. The molecule has 0 spiro atoms. The zero-order valence-electron chi connectivity index (χ0n) is 9.31. The summed E-state index contributed by atoms with van der Waals surface area (Å²) in [5.41, 5.74) is 3.69. The highest BCUT2D eigenvalue weighted by Crippen LogP contribution is 2.15.